The van der Waals surface area contributed by atoms with Gasteiger partial charge in [0.25, 0.3) is 5.91 Å². The standard InChI is InChI=1S/C18H26N2O4S/c1-13(18(21)19-14-5-3-2-4-6-14)24-16-9-11-17(12-10-16)25(22,23)20-15-7-8-15/h9-15,20H,2-8H2,1H3,(H,19,21)/t13-/m1/s1. The molecule has 2 fully saturated rings. The molecule has 0 bridgehead atoms. The van der Waals surface area contributed by atoms with E-state index < -0.39 is 16.1 Å². The van der Waals surface area contributed by atoms with Crippen molar-refractivity contribution in [3.05, 3.63) is 24.3 Å². The van der Waals surface area contributed by atoms with Crippen LogP contribution >= 0.6 is 0 Å². The van der Waals surface area contributed by atoms with Crippen molar-refractivity contribution in [1.82, 2.24) is 10.0 Å². The fourth-order valence-electron chi connectivity index (χ4n) is 3.01. The second kappa shape index (κ2) is 7.74. The maximum atomic E-state index is 12.2. The first-order valence-corrected chi connectivity index (χ1v) is 10.5. The van der Waals surface area contributed by atoms with Crippen LogP contribution in [0, 0.1) is 0 Å². The van der Waals surface area contributed by atoms with Crippen LogP contribution in [0.5, 0.6) is 5.75 Å². The van der Waals surface area contributed by atoms with E-state index in [1.807, 2.05) is 0 Å². The van der Waals surface area contributed by atoms with Gasteiger partial charge in [0.15, 0.2) is 6.10 Å². The van der Waals surface area contributed by atoms with Crippen LogP contribution in [-0.4, -0.2) is 32.5 Å². The SMILES string of the molecule is C[C@@H](Oc1ccc(S(=O)(=O)NC2CC2)cc1)C(=O)NC1CCCCC1. The summed E-state index contributed by atoms with van der Waals surface area (Å²) in [5.74, 6) is 0.357. The Labute approximate surface area is 149 Å². The van der Waals surface area contributed by atoms with Crippen LogP contribution in [0.2, 0.25) is 0 Å². The quantitative estimate of drug-likeness (QED) is 0.776. The molecule has 7 heteroatoms. The Kier molecular flexibility index (Phi) is 5.64. The number of rotatable bonds is 7. The first-order chi connectivity index (χ1) is 11.9. The molecule has 2 aliphatic rings. The first kappa shape index (κ1) is 18.2. The van der Waals surface area contributed by atoms with Gasteiger partial charge in [-0.25, -0.2) is 13.1 Å². The number of carbonyl (C=O) groups excluding carboxylic acids is 1. The number of sulfonamides is 1. The molecule has 1 atom stereocenters. The van der Waals surface area contributed by atoms with E-state index in [2.05, 4.69) is 10.0 Å². The van der Waals surface area contributed by atoms with Crippen LogP contribution in [0.1, 0.15) is 51.9 Å². The highest BCUT2D eigenvalue weighted by atomic mass is 32.2. The van der Waals surface area contributed by atoms with Crippen LogP contribution < -0.4 is 14.8 Å². The van der Waals surface area contributed by atoms with E-state index in [1.54, 1.807) is 19.1 Å². The predicted molar refractivity (Wildman–Crippen MR) is 94.9 cm³/mol. The van der Waals surface area contributed by atoms with Crippen molar-refractivity contribution >= 4 is 15.9 Å². The summed E-state index contributed by atoms with van der Waals surface area (Å²) in [5, 5.41) is 3.03. The molecule has 2 aliphatic carbocycles. The molecule has 0 aliphatic heterocycles. The highest BCUT2D eigenvalue weighted by molar-refractivity contribution is 7.89. The van der Waals surface area contributed by atoms with Gasteiger partial charge in [0, 0.05) is 12.1 Å². The number of amides is 1. The fourth-order valence-corrected chi connectivity index (χ4v) is 4.31. The zero-order valence-electron chi connectivity index (χ0n) is 14.5. The lowest BCUT2D eigenvalue weighted by Crippen LogP contribution is -2.43. The molecule has 3 rings (SSSR count). The molecule has 0 aromatic heterocycles. The lowest BCUT2D eigenvalue weighted by atomic mass is 9.95. The van der Waals surface area contributed by atoms with Crippen LogP contribution in [-0.2, 0) is 14.8 Å². The van der Waals surface area contributed by atoms with Crippen molar-refractivity contribution in [2.45, 2.75) is 75.0 Å². The molecule has 138 valence electrons. The molecule has 6 nitrogen and oxygen atoms in total. The molecular formula is C18H26N2O4S. The number of benzene rings is 1. The van der Waals surface area contributed by atoms with Gasteiger partial charge < -0.3 is 10.1 Å². The Morgan fingerprint density at radius 1 is 1.04 bits per heavy atom. The number of nitrogens with one attached hydrogen (secondary N) is 2. The zero-order valence-corrected chi connectivity index (χ0v) is 15.3. The third-order valence-corrected chi connectivity index (χ3v) is 6.20. The van der Waals surface area contributed by atoms with Crippen LogP contribution in [0.3, 0.4) is 0 Å². The van der Waals surface area contributed by atoms with Crippen molar-refractivity contribution in [2.75, 3.05) is 0 Å². The first-order valence-electron chi connectivity index (χ1n) is 9.03. The molecule has 1 aromatic carbocycles. The summed E-state index contributed by atoms with van der Waals surface area (Å²) in [4.78, 5) is 12.4. The monoisotopic (exact) mass is 366 g/mol. The van der Waals surface area contributed by atoms with Crippen LogP contribution in [0.15, 0.2) is 29.2 Å². The second-order valence-electron chi connectivity index (χ2n) is 6.97. The van der Waals surface area contributed by atoms with Gasteiger partial charge in [-0.1, -0.05) is 19.3 Å². The Balaban J connectivity index is 1.54. The smallest absolute Gasteiger partial charge is 0.260 e. The largest absolute Gasteiger partial charge is 0.481 e. The summed E-state index contributed by atoms with van der Waals surface area (Å²) in [6.45, 7) is 1.71. The Hall–Kier alpha value is -1.60. The highest BCUT2D eigenvalue weighted by Crippen LogP contribution is 2.23. The fraction of sp³-hybridized carbons (Fsp3) is 0.611. The molecule has 1 aromatic rings. The third-order valence-electron chi connectivity index (χ3n) is 4.67. The van der Waals surface area contributed by atoms with Gasteiger partial charge in [0.05, 0.1) is 4.90 Å². The van der Waals surface area contributed by atoms with Crippen molar-refractivity contribution in [3.63, 3.8) is 0 Å². The summed E-state index contributed by atoms with van der Waals surface area (Å²) < 4.78 is 32.5. The minimum Gasteiger partial charge on any atom is -0.481 e. The molecule has 25 heavy (non-hydrogen) atoms. The van der Waals surface area contributed by atoms with E-state index in [9.17, 15) is 13.2 Å². The zero-order chi connectivity index (χ0) is 17.9. The van der Waals surface area contributed by atoms with Crippen molar-refractivity contribution < 1.29 is 17.9 Å². The Bertz CT molecular complexity index is 692. The van der Waals surface area contributed by atoms with E-state index in [0.717, 1.165) is 38.5 Å². The molecular weight excluding hydrogens is 340 g/mol. The second-order valence-corrected chi connectivity index (χ2v) is 8.68. The van der Waals surface area contributed by atoms with E-state index in [1.165, 1.54) is 18.6 Å². The number of carbonyl (C=O) groups is 1. The van der Waals surface area contributed by atoms with Crippen molar-refractivity contribution in [2.24, 2.45) is 0 Å². The summed E-state index contributed by atoms with van der Waals surface area (Å²) in [7, 11) is -3.46. The summed E-state index contributed by atoms with van der Waals surface area (Å²) >= 11 is 0. The van der Waals surface area contributed by atoms with Gasteiger partial charge >= 0.3 is 0 Å². The number of hydrogen-bond donors (Lipinski definition) is 2. The molecule has 1 amide bonds. The van der Waals surface area contributed by atoms with E-state index in [-0.39, 0.29) is 22.9 Å². The molecule has 0 radical (unpaired) electrons. The van der Waals surface area contributed by atoms with Gasteiger partial charge in [0.2, 0.25) is 10.0 Å². The third kappa shape index (κ3) is 5.19. The molecule has 0 spiro atoms. The normalized spacial score (nSPS) is 20.0. The average molecular weight is 366 g/mol. The van der Waals surface area contributed by atoms with E-state index >= 15 is 0 Å². The van der Waals surface area contributed by atoms with Crippen LogP contribution in [0.4, 0.5) is 0 Å². The van der Waals surface area contributed by atoms with Crippen molar-refractivity contribution in [3.8, 4) is 5.75 Å². The maximum absolute atomic E-state index is 12.2. The van der Waals surface area contributed by atoms with Gasteiger partial charge in [-0.15, -0.1) is 0 Å². The Morgan fingerprint density at radius 3 is 2.28 bits per heavy atom. The summed E-state index contributed by atoms with van der Waals surface area (Å²) in [6.07, 6.45) is 6.79. The molecule has 0 saturated heterocycles. The lowest BCUT2D eigenvalue weighted by Gasteiger charge is -2.24. The minimum absolute atomic E-state index is 0.0735. The summed E-state index contributed by atoms with van der Waals surface area (Å²) in [6, 6.07) is 6.51. The molecule has 0 heterocycles. The Morgan fingerprint density at radius 2 is 1.68 bits per heavy atom. The van der Waals surface area contributed by atoms with Gasteiger partial charge in [-0.2, -0.15) is 0 Å². The molecule has 0 unspecified atom stereocenters. The highest BCUT2D eigenvalue weighted by Gasteiger charge is 2.28. The number of ether oxygens (including phenoxy) is 1. The predicted octanol–water partition coefficient (Wildman–Crippen LogP) is 2.34. The van der Waals surface area contributed by atoms with Crippen molar-refractivity contribution in [1.29, 1.82) is 0 Å². The lowest BCUT2D eigenvalue weighted by molar-refractivity contribution is -0.128. The average Bonchev–Trinajstić information content (AvgIpc) is 3.39. The summed E-state index contributed by atoms with van der Waals surface area (Å²) in [5.41, 5.74) is 0. The minimum atomic E-state index is -3.46. The molecule has 2 N–H and O–H groups in total. The van der Waals surface area contributed by atoms with Gasteiger partial charge in [-0.3, -0.25) is 4.79 Å². The van der Waals surface area contributed by atoms with E-state index in [0.29, 0.717) is 5.75 Å². The maximum Gasteiger partial charge on any atom is 0.260 e. The molecule has 2 saturated carbocycles. The topological polar surface area (TPSA) is 84.5 Å². The number of hydrogen-bond acceptors (Lipinski definition) is 4. The van der Waals surface area contributed by atoms with Gasteiger partial charge in [-0.05, 0) is 56.9 Å². The van der Waals surface area contributed by atoms with Gasteiger partial charge in [0.1, 0.15) is 5.75 Å². The van der Waals surface area contributed by atoms with Crippen LogP contribution in [0.25, 0.3) is 0 Å². The van der Waals surface area contributed by atoms with E-state index in [4.69, 9.17) is 4.74 Å².